The van der Waals surface area contributed by atoms with Gasteiger partial charge in [0.05, 0.1) is 15.5 Å². The third-order valence-corrected chi connectivity index (χ3v) is 4.58. The minimum Gasteiger partial charge on any atom is -0.311 e. The molecule has 5 nitrogen and oxygen atoms in total. The van der Waals surface area contributed by atoms with E-state index in [1.165, 1.54) is 6.07 Å². The van der Waals surface area contributed by atoms with Gasteiger partial charge < -0.3 is 5.32 Å². The summed E-state index contributed by atoms with van der Waals surface area (Å²) < 4.78 is 0. The van der Waals surface area contributed by atoms with Crippen molar-refractivity contribution in [3.8, 4) is 0 Å². The molecule has 1 saturated heterocycles. The summed E-state index contributed by atoms with van der Waals surface area (Å²) in [4.78, 5) is 13.2. The van der Waals surface area contributed by atoms with E-state index in [-0.39, 0.29) is 10.6 Å². The summed E-state index contributed by atoms with van der Waals surface area (Å²) in [6, 6.07) is 5.72. The topological polar surface area (TPSA) is 58.4 Å². The predicted molar refractivity (Wildman–Crippen MR) is 84.7 cm³/mol. The quantitative estimate of drug-likeness (QED) is 0.670. The number of benzene rings is 1. The minimum atomic E-state index is -0.346. The Kier molecular flexibility index (Phi) is 5.56. The van der Waals surface area contributed by atoms with Crippen LogP contribution in [0.4, 0.5) is 5.69 Å². The van der Waals surface area contributed by atoms with Crippen LogP contribution >= 0.6 is 11.6 Å². The van der Waals surface area contributed by atoms with Gasteiger partial charge in [-0.2, -0.15) is 0 Å². The summed E-state index contributed by atoms with van der Waals surface area (Å²) >= 11 is 6.21. The number of piperazine rings is 1. The van der Waals surface area contributed by atoms with Crippen molar-refractivity contribution in [2.75, 3.05) is 13.1 Å². The van der Waals surface area contributed by atoms with Gasteiger partial charge in [0.25, 0.3) is 5.69 Å². The number of rotatable bonds is 5. The van der Waals surface area contributed by atoms with Crippen molar-refractivity contribution in [1.29, 1.82) is 0 Å². The number of halogens is 1. The monoisotopic (exact) mass is 311 g/mol. The van der Waals surface area contributed by atoms with Gasteiger partial charge in [-0.15, -0.1) is 0 Å². The Labute approximate surface area is 130 Å². The second kappa shape index (κ2) is 7.20. The van der Waals surface area contributed by atoms with E-state index in [9.17, 15) is 10.1 Å². The molecular weight excluding hydrogens is 290 g/mol. The lowest BCUT2D eigenvalue weighted by Gasteiger charge is -2.40. The highest BCUT2D eigenvalue weighted by atomic mass is 35.5. The predicted octanol–water partition coefficient (Wildman–Crippen LogP) is 3.21. The Balaban J connectivity index is 2.24. The van der Waals surface area contributed by atoms with Gasteiger partial charge in [-0.25, -0.2) is 0 Å². The van der Waals surface area contributed by atoms with Crippen molar-refractivity contribution < 1.29 is 4.92 Å². The van der Waals surface area contributed by atoms with E-state index in [2.05, 4.69) is 24.1 Å². The van der Waals surface area contributed by atoms with Crippen LogP contribution < -0.4 is 5.32 Å². The second-order valence-corrected chi connectivity index (χ2v) is 5.91. The maximum Gasteiger partial charge on any atom is 0.275 e. The number of nitrogens with zero attached hydrogens (tertiary/aromatic N) is 2. The molecule has 0 saturated carbocycles. The fourth-order valence-electron chi connectivity index (χ4n) is 2.88. The van der Waals surface area contributed by atoms with Gasteiger partial charge in [0.15, 0.2) is 0 Å². The van der Waals surface area contributed by atoms with Gasteiger partial charge in [-0.1, -0.05) is 31.5 Å². The average Bonchev–Trinajstić information content (AvgIpc) is 2.48. The number of nitro groups is 1. The normalized spacial score (nSPS) is 23.2. The first-order valence-corrected chi connectivity index (χ1v) is 7.83. The average molecular weight is 312 g/mol. The molecule has 1 heterocycles. The van der Waals surface area contributed by atoms with Crippen LogP contribution in [0, 0.1) is 10.1 Å². The molecule has 116 valence electrons. The molecule has 1 N–H and O–H groups in total. The molecule has 0 radical (unpaired) electrons. The summed E-state index contributed by atoms with van der Waals surface area (Å²) in [7, 11) is 0. The zero-order chi connectivity index (χ0) is 15.4. The Morgan fingerprint density at radius 2 is 2.19 bits per heavy atom. The Morgan fingerprint density at radius 3 is 2.81 bits per heavy atom. The third kappa shape index (κ3) is 3.73. The van der Waals surface area contributed by atoms with Gasteiger partial charge in [0.2, 0.25) is 0 Å². The third-order valence-electron chi connectivity index (χ3n) is 4.23. The summed E-state index contributed by atoms with van der Waals surface area (Å²) in [6.07, 6.45) is 2.07. The van der Waals surface area contributed by atoms with Crippen LogP contribution in [0.15, 0.2) is 18.2 Å². The number of nitrogens with one attached hydrogen (secondary N) is 1. The van der Waals surface area contributed by atoms with E-state index >= 15 is 0 Å². The molecule has 1 fully saturated rings. The summed E-state index contributed by atoms with van der Waals surface area (Å²) in [6.45, 7) is 6.66. The summed E-state index contributed by atoms with van der Waals surface area (Å²) in [5, 5.41) is 15.2. The second-order valence-electron chi connectivity index (χ2n) is 5.50. The molecule has 2 unspecified atom stereocenters. The molecule has 1 aliphatic rings. The maximum atomic E-state index is 11.2. The highest BCUT2D eigenvalue weighted by molar-refractivity contribution is 6.31. The van der Waals surface area contributed by atoms with Crippen LogP contribution in [0.3, 0.4) is 0 Å². The van der Waals surface area contributed by atoms with Crippen molar-refractivity contribution in [3.63, 3.8) is 0 Å². The molecule has 2 rings (SSSR count). The lowest BCUT2D eigenvalue weighted by Crippen LogP contribution is -2.55. The molecule has 1 aromatic rings. The van der Waals surface area contributed by atoms with Crippen molar-refractivity contribution >= 4 is 17.3 Å². The van der Waals surface area contributed by atoms with Crippen LogP contribution in [-0.2, 0) is 6.54 Å². The molecule has 0 aromatic heterocycles. The first kappa shape index (κ1) is 16.2. The SMILES string of the molecule is CCC1CN(Cc2c(Cl)cccc2[N+](=O)[O-])C(CC)CN1. The zero-order valence-corrected chi connectivity index (χ0v) is 13.3. The van der Waals surface area contributed by atoms with E-state index in [4.69, 9.17) is 11.6 Å². The van der Waals surface area contributed by atoms with Gasteiger partial charge in [0.1, 0.15) is 0 Å². The first-order chi connectivity index (χ1) is 10.1. The van der Waals surface area contributed by atoms with Crippen LogP contribution in [0.1, 0.15) is 32.3 Å². The Hall–Kier alpha value is -1.17. The van der Waals surface area contributed by atoms with Crippen molar-refractivity contribution in [2.24, 2.45) is 0 Å². The van der Waals surface area contributed by atoms with Crippen molar-refractivity contribution in [1.82, 2.24) is 10.2 Å². The summed E-state index contributed by atoms with van der Waals surface area (Å²) in [5.41, 5.74) is 0.739. The molecule has 21 heavy (non-hydrogen) atoms. The van der Waals surface area contributed by atoms with E-state index in [1.807, 2.05) is 0 Å². The Bertz CT molecular complexity index is 510. The maximum absolute atomic E-state index is 11.2. The highest BCUT2D eigenvalue weighted by Crippen LogP contribution is 2.29. The molecular formula is C15H22ClN3O2. The molecule has 0 amide bonds. The number of nitro benzene ring substituents is 1. The molecule has 0 bridgehead atoms. The van der Waals surface area contributed by atoms with Gasteiger partial charge in [-0.3, -0.25) is 15.0 Å². The van der Waals surface area contributed by atoms with Crippen molar-refractivity contribution in [3.05, 3.63) is 38.9 Å². The molecule has 0 aliphatic carbocycles. The zero-order valence-electron chi connectivity index (χ0n) is 12.5. The van der Waals surface area contributed by atoms with Gasteiger partial charge in [-0.05, 0) is 18.9 Å². The number of hydrogen-bond acceptors (Lipinski definition) is 4. The molecule has 1 aromatic carbocycles. The van der Waals surface area contributed by atoms with E-state index in [0.29, 0.717) is 29.2 Å². The molecule has 0 spiro atoms. The standard InChI is InChI=1S/C15H22ClN3O2/c1-3-11-9-18(12(4-2)8-17-11)10-13-14(16)6-5-7-15(13)19(20)21/h5-7,11-12,17H,3-4,8-10H2,1-2H3. The van der Waals surface area contributed by atoms with Crippen LogP contribution in [-0.4, -0.2) is 35.0 Å². The number of hydrogen-bond donors (Lipinski definition) is 1. The van der Waals surface area contributed by atoms with Crippen molar-refractivity contribution in [2.45, 2.75) is 45.3 Å². The fourth-order valence-corrected chi connectivity index (χ4v) is 3.11. The molecule has 1 aliphatic heterocycles. The lowest BCUT2D eigenvalue weighted by molar-refractivity contribution is -0.385. The first-order valence-electron chi connectivity index (χ1n) is 7.46. The lowest BCUT2D eigenvalue weighted by atomic mass is 10.0. The van der Waals surface area contributed by atoms with E-state index in [1.54, 1.807) is 12.1 Å². The van der Waals surface area contributed by atoms with E-state index in [0.717, 1.165) is 25.9 Å². The smallest absolute Gasteiger partial charge is 0.275 e. The fraction of sp³-hybridized carbons (Fsp3) is 0.600. The minimum absolute atomic E-state index is 0.115. The summed E-state index contributed by atoms with van der Waals surface area (Å²) in [5.74, 6) is 0. The largest absolute Gasteiger partial charge is 0.311 e. The molecule has 2 atom stereocenters. The van der Waals surface area contributed by atoms with Gasteiger partial charge >= 0.3 is 0 Å². The van der Waals surface area contributed by atoms with Crippen LogP contribution in [0.2, 0.25) is 5.02 Å². The highest BCUT2D eigenvalue weighted by Gasteiger charge is 2.28. The van der Waals surface area contributed by atoms with E-state index < -0.39 is 0 Å². The van der Waals surface area contributed by atoms with Crippen LogP contribution in [0.25, 0.3) is 0 Å². The Morgan fingerprint density at radius 1 is 1.43 bits per heavy atom. The molecule has 6 heteroatoms. The van der Waals surface area contributed by atoms with Crippen LogP contribution in [0.5, 0.6) is 0 Å². The van der Waals surface area contributed by atoms with Gasteiger partial charge in [0, 0.05) is 37.8 Å².